The second kappa shape index (κ2) is 6.81. The van der Waals surface area contributed by atoms with Crippen molar-refractivity contribution in [1.82, 2.24) is 0 Å². The monoisotopic (exact) mass is 307 g/mol. The number of nitro groups is 1. The van der Waals surface area contributed by atoms with Crippen molar-refractivity contribution in [3.63, 3.8) is 0 Å². The lowest BCUT2D eigenvalue weighted by molar-refractivity contribution is -0.383. The van der Waals surface area contributed by atoms with Gasteiger partial charge < -0.3 is 15.8 Å². The number of halogens is 1. The maximum Gasteiger partial charge on any atom is 0.293 e. The van der Waals surface area contributed by atoms with Crippen LogP contribution >= 0.6 is 11.6 Å². The van der Waals surface area contributed by atoms with Gasteiger partial charge in [-0.2, -0.15) is 0 Å². The summed E-state index contributed by atoms with van der Waals surface area (Å²) in [5, 5.41) is 14.2. The third-order valence-electron chi connectivity index (χ3n) is 2.70. The van der Waals surface area contributed by atoms with Crippen LogP contribution in [0.5, 0.6) is 5.75 Å². The number of nitrogens with one attached hydrogen (secondary N) is 1. The summed E-state index contributed by atoms with van der Waals surface area (Å²) in [5.74, 6) is 0.655. The van der Waals surface area contributed by atoms with Gasteiger partial charge in [0.1, 0.15) is 18.0 Å². The minimum Gasteiger partial charge on any atom is -0.492 e. The molecule has 2 aromatic carbocycles. The third kappa shape index (κ3) is 4.25. The van der Waals surface area contributed by atoms with E-state index >= 15 is 0 Å². The number of benzene rings is 2. The lowest BCUT2D eigenvalue weighted by atomic mass is 10.2. The van der Waals surface area contributed by atoms with Gasteiger partial charge in [0.25, 0.3) is 5.69 Å². The van der Waals surface area contributed by atoms with Crippen molar-refractivity contribution in [3.05, 3.63) is 57.6 Å². The van der Waals surface area contributed by atoms with Gasteiger partial charge in [0.15, 0.2) is 0 Å². The normalized spacial score (nSPS) is 10.1. The van der Waals surface area contributed by atoms with E-state index in [1.807, 2.05) is 0 Å². The van der Waals surface area contributed by atoms with Gasteiger partial charge >= 0.3 is 0 Å². The maximum absolute atomic E-state index is 10.9. The molecule has 0 aromatic heterocycles. The number of nitrogens with two attached hydrogens (primary N) is 1. The van der Waals surface area contributed by atoms with Crippen LogP contribution < -0.4 is 15.8 Å². The average molecular weight is 308 g/mol. The van der Waals surface area contributed by atoms with E-state index in [-0.39, 0.29) is 5.69 Å². The lowest BCUT2D eigenvalue weighted by Gasteiger charge is -2.09. The third-order valence-corrected chi connectivity index (χ3v) is 2.94. The molecule has 7 heteroatoms. The molecule has 3 N–H and O–H groups in total. The van der Waals surface area contributed by atoms with Crippen LogP contribution in [0.4, 0.5) is 17.1 Å². The highest BCUT2D eigenvalue weighted by atomic mass is 35.5. The number of nitrogens with zero attached hydrogens (tertiary/aromatic N) is 1. The van der Waals surface area contributed by atoms with Gasteiger partial charge in [0, 0.05) is 29.4 Å². The fourth-order valence-electron chi connectivity index (χ4n) is 1.76. The van der Waals surface area contributed by atoms with Gasteiger partial charge in [-0.1, -0.05) is 17.7 Å². The predicted octanol–water partition coefficient (Wildman–Crippen LogP) is 3.32. The lowest BCUT2D eigenvalue weighted by Crippen LogP contribution is -2.12. The summed E-state index contributed by atoms with van der Waals surface area (Å²) < 4.78 is 5.49. The molecule has 0 heterocycles. The van der Waals surface area contributed by atoms with Crippen LogP contribution in [0.25, 0.3) is 0 Å². The Labute approximate surface area is 126 Å². The van der Waals surface area contributed by atoms with Gasteiger partial charge in [-0.05, 0) is 24.3 Å². The molecule has 21 heavy (non-hydrogen) atoms. The van der Waals surface area contributed by atoms with Gasteiger partial charge in [-0.3, -0.25) is 10.1 Å². The smallest absolute Gasteiger partial charge is 0.293 e. The number of ether oxygens (including phenoxy) is 1. The highest BCUT2D eigenvalue weighted by molar-refractivity contribution is 6.30. The van der Waals surface area contributed by atoms with Crippen LogP contribution in [0.1, 0.15) is 0 Å². The van der Waals surface area contributed by atoms with Crippen molar-refractivity contribution in [1.29, 1.82) is 0 Å². The minimum atomic E-state index is -0.479. The molecule has 0 radical (unpaired) electrons. The van der Waals surface area contributed by atoms with E-state index in [0.717, 1.165) is 0 Å². The predicted molar refractivity (Wildman–Crippen MR) is 82.9 cm³/mol. The summed E-state index contributed by atoms with van der Waals surface area (Å²) in [5.41, 5.74) is 6.60. The molecule has 0 amide bonds. The quantitative estimate of drug-likeness (QED) is 0.370. The molecule has 0 bridgehead atoms. The number of nitrogen functional groups attached to an aromatic ring is 1. The van der Waals surface area contributed by atoms with Gasteiger partial charge in [0.2, 0.25) is 0 Å². The Morgan fingerprint density at radius 2 is 2.10 bits per heavy atom. The molecular formula is C14H14ClN3O3. The van der Waals surface area contributed by atoms with Crippen molar-refractivity contribution in [2.24, 2.45) is 0 Å². The van der Waals surface area contributed by atoms with Crippen LogP contribution in [-0.2, 0) is 0 Å². The number of hydrogen-bond donors (Lipinski definition) is 2. The zero-order valence-corrected chi connectivity index (χ0v) is 11.8. The van der Waals surface area contributed by atoms with Crippen molar-refractivity contribution in [2.75, 3.05) is 24.2 Å². The Balaban J connectivity index is 1.90. The molecule has 2 aromatic rings. The van der Waals surface area contributed by atoms with Crippen LogP contribution in [0.15, 0.2) is 42.5 Å². The Bertz CT molecular complexity index is 649. The first-order chi connectivity index (χ1) is 10.1. The topological polar surface area (TPSA) is 90.4 Å². The molecule has 0 aliphatic carbocycles. The van der Waals surface area contributed by atoms with E-state index in [4.69, 9.17) is 22.1 Å². The highest BCUT2D eigenvalue weighted by Crippen LogP contribution is 2.27. The molecule has 0 spiro atoms. The van der Waals surface area contributed by atoms with Crippen LogP contribution in [0.2, 0.25) is 5.02 Å². The Morgan fingerprint density at radius 3 is 2.81 bits per heavy atom. The molecule has 0 unspecified atom stereocenters. The fourth-order valence-corrected chi connectivity index (χ4v) is 1.93. The first-order valence-corrected chi connectivity index (χ1v) is 6.60. The first kappa shape index (κ1) is 14.9. The summed E-state index contributed by atoms with van der Waals surface area (Å²) in [6.07, 6.45) is 0. The summed E-state index contributed by atoms with van der Waals surface area (Å²) in [6, 6.07) is 11.5. The van der Waals surface area contributed by atoms with Crippen molar-refractivity contribution >= 4 is 28.7 Å². The van der Waals surface area contributed by atoms with Crippen LogP contribution in [0.3, 0.4) is 0 Å². The molecule has 6 nitrogen and oxygen atoms in total. The summed E-state index contributed by atoms with van der Waals surface area (Å²) in [4.78, 5) is 10.4. The van der Waals surface area contributed by atoms with Crippen LogP contribution in [0, 0.1) is 10.1 Å². The standard InChI is InChI=1S/C14H14ClN3O3/c15-10-4-5-13(14(8-10)18(19)20)17-6-7-21-12-3-1-2-11(16)9-12/h1-5,8-9,17H,6-7,16H2. The first-order valence-electron chi connectivity index (χ1n) is 6.22. The van der Waals surface area contributed by atoms with Crippen molar-refractivity contribution in [2.45, 2.75) is 0 Å². The zero-order chi connectivity index (χ0) is 15.2. The molecule has 110 valence electrons. The SMILES string of the molecule is Nc1cccc(OCCNc2ccc(Cl)cc2[N+](=O)[O-])c1. The number of rotatable bonds is 6. The molecule has 0 aliphatic heterocycles. The molecule has 0 saturated heterocycles. The largest absolute Gasteiger partial charge is 0.492 e. The van der Waals surface area contributed by atoms with Gasteiger partial charge in [-0.25, -0.2) is 0 Å². The number of hydrogen-bond acceptors (Lipinski definition) is 5. The number of anilines is 2. The van der Waals surface area contributed by atoms with Crippen molar-refractivity contribution < 1.29 is 9.66 Å². The van der Waals surface area contributed by atoms with Crippen LogP contribution in [-0.4, -0.2) is 18.1 Å². The maximum atomic E-state index is 10.9. The van der Waals surface area contributed by atoms with Gasteiger partial charge in [0.05, 0.1) is 4.92 Å². The molecule has 2 rings (SSSR count). The molecule has 0 saturated carbocycles. The van der Waals surface area contributed by atoms with E-state index in [9.17, 15) is 10.1 Å². The molecular weight excluding hydrogens is 294 g/mol. The molecule has 0 atom stereocenters. The van der Waals surface area contributed by atoms with Crippen molar-refractivity contribution in [3.8, 4) is 5.75 Å². The Morgan fingerprint density at radius 1 is 1.29 bits per heavy atom. The highest BCUT2D eigenvalue weighted by Gasteiger charge is 2.13. The van der Waals surface area contributed by atoms with E-state index in [1.165, 1.54) is 6.07 Å². The fraction of sp³-hybridized carbons (Fsp3) is 0.143. The van der Waals surface area contributed by atoms with E-state index < -0.39 is 4.92 Å². The van der Waals surface area contributed by atoms with E-state index in [2.05, 4.69) is 5.32 Å². The second-order valence-electron chi connectivity index (χ2n) is 4.27. The van der Waals surface area contributed by atoms with E-state index in [0.29, 0.717) is 35.3 Å². The van der Waals surface area contributed by atoms with Gasteiger partial charge in [-0.15, -0.1) is 0 Å². The second-order valence-corrected chi connectivity index (χ2v) is 4.70. The Hall–Kier alpha value is -2.47. The number of nitro benzene ring substituents is 1. The summed E-state index contributed by atoms with van der Waals surface area (Å²) >= 11 is 5.75. The zero-order valence-electron chi connectivity index (χ0n) is 11.1. The summed E-state index contributed by atoms with van der Waals surface area (Å²) in [7, 11) is 0. The van der Waals surface area contributed by atoms with E-state index in [1.54, 1.807) is 36.4 Å². The Kier molecular flexibility index (Phi) is 4.84. The summed E-state index contributed by atoms with van der Waals surface area (Å²) in [6.45, 7) is 0.764. The molecule has 0 fully saturated rings. The minimum absolute atomic E-state index is 0.0635. The molecule has 0 aliphatic rings. The average Bonchev–Trinajstić information content (AvgIpc) is 2.44.